The highest BCUT2D eigenvalue weighted by Crippen LogP contribution is 2.48. The Labute approximate surface area is 215 Å². The first kappa shape index (κ1) is 20.3. The number of aromatic nitrogens is 1. The lowest BCUT2D eigenvalue weighted by atomic mass is 9.81. The summed E-state index contributed by atoms with van der Waals surface area (Å²) in [7, 11) is 0. The summed E-state index contributed by atoms with van der Waals surface area (Å²) in [6.07, 6.45) is 0. The predicted molar refractivity (Wildman–Crippen MR) is 156 cm³/mol. The fraction of sp³-hybridized carbons (Fsp3) is 0. The van der Waals surface area contributed by atoms with E-state index in [1.807, 2.05) is 0 Å². The summed E-state index contributed by atoms with van der Waals surface area (Å²) in [6.45, 7) is 0. The summed E-state index contributed by atoms with van der Waals surface area (Å²) in [5, 5.41) is 2.56. The summed E-state index contributed by atoms with van der Waals surface area (Å²) in [5.41, 5.74) is 13.8. The van der Waals surface area contributed by atoms with Crippen LogP contribution in [0.25, 0.3) is 72.0 Å². The van der Waals surface area contributed by atoms with Gasteiger partial charge in [-0.25, -0.2) is 0 Å². The molecule has 0 N–H and O–H groups in total. The Balaban J connectivity index is 1.49. The monoisotopic (exact) mass is 469 g/mol. The van der Waals surface area contributed by atoms with Crippen molar-refractivity contribution in [2.75, 3.05) is 0 Å². The standard InChI is InChI=1S/C36H23N/c1-2-12-26-25(11-1)27-13-3-4-15-29(27)31-22-21-24(23-34(31)30-16-6-5-14-28(26)30)37-35-19-9-7-17-32(35)33-18-8-10-20-36(33)37/h1-23H. The highest BCUT2D eigenvalue weighted by Gasteiger charge is 2.22. The molecule has 0 spiro atoms. The van der Waals surface area contributed by atoms with Gasteiger partial charge in [-0.05, 0) is 68.8 Å². The van der Waals surface area contributed by atoms with Crippen molar-refractivity contribution >= 4 is 21.8 Å². The van der Waals surface area contributed by atoms with E-state index in [9.17, 15) is 0 Å². The molecule has 1 aromatic heterocycles. The van der Waals surface area contributed by atoms with Gasteiger partial charge < -0.3 is 4.57 Å². The predicted octanol–water partition coefficient (Wildman–Crippen LogP) is 9.77. The van der Waals surface area contributed by atoms with Crippen LogP contribution < -0.4 is 0 Å². The first-order valence-electron chi connectivity index (χ1n) is 12.8. The number of hydrogen-bond acceptors (Lipinski definition) is 0. The van der Waals surface area contributed by atoms with Crippen LogP contribution >= 0.6 is 0 Å². The largest absolute Gasteiger partial charge is 0.309 e. The Hall–Kier alpha value is -4.88. The van der Waals surface area contributed by atoms with Gasteiger partial charge in [0.15, 0.2) is 0 Å². The van der Waals surface area contributed by atoms with Crippen LogP contribution in [0.3, 0.4) is 0 Å². The molecule has 1 heterocycles. The van der Waals surface area contributed by atoms with Crippen molar-refractivity contribution in [2.45, 2.75) is 0 Å². The second kappa shape index (κ2) is 7.81. The summed E-state index contributed by atoms with van der Waals surface area (Å²) < 4.78 is 2.41. The maximum Gasteiger partial charge on any atom is 0.0541 e. The summed E-state index contributed by atoms with van der Waals surface area (Å²) in [4.78, 5) is 0. The fourth-order valence-electron chi connectivity index (χ4n) is 6.19. The molecule has 0 unspecified atom stereocenters. The van der Waals surface area contributed by atoms with E-state index in [1.54, 1.807) is 0 Å². The van der Waals surface area contributed by atoms with Crippen molar-refractivity contribution in [3.8, 4) is 50.2 Å². The number of fused-ring (bicyclic) bond motifs is 11. The normalized spacial score (nSPS) is 11.8. The molecule has 0 radical (unpaired) electrons. The molecule has 0 aliphatic heterocycles. The van der Waals surface area contributed by atoms with E-state index in [1.165, 1.54) is 72.0 Å². The van der Waals surface area contributed by atoms with E-state index in [2.05, 4.69) is 144 Å². The van der Waals surface area contributed by atoms with Crippen LogP contribution in [0.2, 0.25) is 0 Å². The van der Waals surface area contributed by atoms with Gasteiger partial charge in [0.25, 0.3) is 0 Å². The molecule has 7 aromatic rings. The molecule has 37 heavy (non-hydrogen) atoms. The smallest absolute Gasteiger partial charge is 0.0541 e. The van der Waals surface area contributed by atoms with Crippen molar-refractivity contribution in [1.82, 2.24) is 4.57 Å². The number of nitrogens with zero attached hydrogens (tertiary/aromatic N) is 1. The Kier molecular flexibility index (Phi) is 4.29. The van der Waals surface area contributed by atoms with E-state index < -0.39 is 0 Å². The molecule has 1 heteroatoms. The first-order valence-corrected chi connectivity index (χ1v) is 12.8. The minimum Gasteiger partial charge on any atom is -0.309 e. The van der Waals surface area contributed by atoms with Gasteiger partial charge in [-0.1, -0.05) is 115 Å². The molecule has 0 saturated heterocycles. The fourth-order valence-corrected chi connectivity index (χ4v) is 6.19. The van der Waals surface area contributed by atoms with Gasteiger partial charge >= 0.3 is 0 Å². The average molecular weight is 470 g/mol. The summed E-state index contributed by atoms with van der Waals surface area (Å²) in [6, 6.07) is 50.9. The molecular formula is C36H23N. The first-order chi connectivity index (χ1) is 18.4. The second-order valence-corrected chi connectivity index (χ2v) is 9.74. The maximum atomic E-state index is 2.41. The van der Waals surface area contributed by atoms with E-state index in [0.717, 1.165) is 0 Å². The minimum atomic E-state index is 1.18. The highest BCUT2D eigenvalue weighted by atomic mass is 15.0. The SMILES string of the molecule is c1ccc2c(c1)-c1ccccc1-c1ccc(-n3c4ccccc4c4ccccc43)cc1-c1ccccc1-2. The van der Waals surface area contributed by atoms with Gasteiger partial charge in [0.1, 0.15) is 0 Å². The van der Waals surface area contributed by atoms with Gasteiger partial charge in [0, 0.05) is 16.5 Å². The average Bonchev–Trinajstić information content (AvgIpc) is 3.31. The van der Waals surface area contributed by atoms with Crippen LogP contribution in [0.4, 0.5) is 0 Å². The minimum absolute atomic E-state index is 1.18. The third-order valence-corrected chi connectivity index (χ3v) is 7.78. The van der Waals surface area contributed by atoms with Crippen LogP contribution in [0.5, 0.6) is 0 Å². The van der Waals surface area contributed by atoms with Crippen LogP contribution in [0.1, 0.15) is 0 Å². The zero-order chi connectivity index (χ0) is 24.3. The number of rotatable bonds is 1. The quantitative estimate of drug-likeness (QED) is 0.225. The van der Waals surface area contributed by atoms with Crippen molar-refractivity contribution in [2.24, 2.45) is 0 Å². The summed E-state index contributed by atoms with van der Waals surface area (Å²) in [5.74, 6) is 0. The lowest BCUT2D eigenvalue weighted by Gasteiger charge is -2.23. The Bertz CT molecular complexity index is 1930. The molecule has 0 atom stereocenters. The molecule has 0 amide bonds. The van der Waals surface area contributed by atoms with Crippen LogP contribution in [0, 0.1) is 0 Å². The molecule has 0 bridgehead atoms. The zero-order valence-electron chi connectivity index (χ0n) is 20.2. The van der Waals surface area contributed by atoms with Gasteiger partial charge in [0.2, 0.25) is 0 Å². The molecule has 1 aliphatic rings. The van der Waals surface area contributed by atoms with Crippen molar-refractivity contribution in [3.05, 3.63) is 140 Å². The van der Waals surface area contributed by atoms with Gasteiger partial charge in [0.05, 0.1) is 11.0 Å². The topological polar surface area (TPSA) is 4.93 Å². The molecule has 0 saturated carbocycles. The maximum absolute atomic E-state index is 2.41. The number of hydrogen-bond donors (Lipinski definition) is 0. The Morgan fingerprint density at radius 3 is 1.11 bits per heavy atom. The molecular weight excluding hydrogens is 446 g/mol. The van der Waals surface area contributed by atoms with Gasteiger partial charge in [-0.2, -0.15) is 0 Å². The van der Waals surface area contributed by atoms with Crippen LogP contribution in [-0.4, -0.2) is 4.57 Å². The second-order valence-electron chi connectivity index (χ2n) is 9.74. The molecule has 1 nitrogen and oxygen atoms in total. The zero-order valence-corrected chi connectivity index (χ0v) is 20.2. The molecule has 6 aromatic carbocycles. The molecule has 8 rings (SSSR count). The van der Waals surface area contributed by atoms with E-state index in [0.29, 0.717) is 0 Å². The highest BCUT2D eigenvalue weighted by molar-refractivity contribution is 6.10. The van der Waals surface area contributed by atoms with Crippen molar-refractivity contribution in [3.63, 3.8) is 0 Å². The molecule has 1 aliphatic carbocycles. The van der Waals surface area contributed by atoms with Gasteiger partial charge in [-0.3, -0.25) is 0 Å². The van der Waals surface area contributed by atoms with Crippen molar-refractivity contribution in [1.29, 1.82) is 0 Å². The molecule has 172 valence electrons. The van der Waals surface area contributed by atoms with Crippen LogP contribution in [0.15, 0.2) is 140 Å². The number of benzene rings is 6. The van der Waals surface area contributed by atoms with E-state index in [4.69, 9.17) is 0 Å². The third kappa shape index (κ3) is 2.92. The van der Waals surface area contributed by atoms with Crippen LogP contribution in [-0.2, 0) is 0 Å². The lowest BCUT2D eigenvalue weighted by molar-refractivity contribution is 1.18. The van der Waals surface area contributed by atoms with E-state index in [-0.39, 0.29) is 0 Å². The van der Waals surface area contributed by atoms with E-state index >= 15 is 0 Å². The Morgan fingerprint density at radius 1 is 0.297 bits per heavy atom. The molecule has 0 fully saturated rings. The van der Waals surface area contributed by atoms with Gasteiger partial charge in [-0.15, -0.1) is 0 Å². The van der Waals surface area contributed by atoms with Crippen molar-refractivity contribution < 1.29 is 0 Å². The summed E-state index contributed by atoms with van der Waals surface area (Å²) >= 11 is 0. The third-order valence-electron chi connectivity index (χ3n) is 7.78. The number of para-hydroxylation sites is 2. The lowest BCUT2D eigenvalue weighted by Crippen LogP contribution is -1.99. The Morgan fingerprint density at radius 2 is 0.649 bits per heavy atom.